The number of rotatable bonds is 6. The molecule has 0 fully saturated rings. The van der Waals surface area contributed by atoms with Gasteiger partial charge in [0.05, 0.1) is 6.54 Å². The first kappa shape index (κ1) is 12.6. The van der Waals surface area contributed by atoms with E-state index in [1.165, 1.54) is 6.07 Å². The molecule has 1 aromatic heterocycles. The lowest BCUT2D eigenvalue weighted by Crippen LogP contribution is -2.10. The molecule has 0 bridgehead atoms. The maximum absolute atomic E-state index is 13.7. The first-order chi connectivity index (χ1) is 8.79. The average molecular weight is 249 g/mol. The molecule has 1 aromatic carbocycles. The van der Waals surface area contributed by atoms with E-state index in [1.54, 1.807) is 16.9 Å². The number of hydrogen-bond acceptors (Lipinski definition) is 3. The highest BCUT2D eigenvalue weighted by Crippen LogP contribution is 2.18. The molecule has 0 saturated heterocycles. The first-order valence-corrected chi connectivity index (χ1v) is 5.83. The SMILES string of the molecule is CNCc1ccc(OCCn2cccn2)c(F)c1. The van der Waals surface area contributed by atoms with Gasteiger partial charge < -0.3 is 10.1 Å². The van der Waals surface area contributed by atoms with Gasteiger partial charge in [0.25, 0.3) is 0 Å². The average Bonchev–Trinajstić information content (AvgIpc) is 2.85. The first-order valence-electron chi connectivity index (χ1n) is 5.83. The van der Waals surface area contributed by atoms with Crippen molar-refractivity contribution in [1.82, 2.24) is 15.1 Å². The molecule has 96 valence electrons. The quantitative estimate of drug-likeness (QED) is 0.848. The molecule has 0 saturated carbocycles. The number of hydrogen-bond donors (Lipinski definition) is 1. The second-order valence-corrected chi connectivity index (χ2v) is 3.91. The molecule has 18 heavy (non-hydrogen) atoms. The van der Waals surface area contributed by atoms with Gasteiger partial charge in [-0.15, -0.1) is 0 Å². The van der Waals surface area contributed by atoms with Crippen LogP contribution in [0.15, 0.2) is 36.7 Å². The molecule has 0 aliphatic rings. The summed E-state index contributed by atoms with van der Waals surface area (Å²) in [6, 6.07) is 6.83. The zero-order valence-electron chi connectivity index (χ0n) is 10.3. The van der Waals surface area contributed by atoms with Crippen LogP contribution in [-0.4, -0.2) is 23.4 Å². The van der Waals surface area contributed by atoms with Crippen molar-refractivity contribution < 1.29 is 9.13 Å². The normalized spacial score (nSPS) is 10.6. The summed E-state index contributed by atoms with van der Waals surface area (Å²) in [6.45, 7) is 1.64. The van der Waals surface area contributed by atoms with E-state index in [4.69, 9.17) is 4.74 Å². The lowest BCUT2D eigenvalue weighted by Gasteiger charge is -2.08. The monoisotopic (exact) mass is 249 g/mol. The number of nitrogens with zero attached hydrogens (tertiary/aromatic N) is 2. The Balaban J connectivity index is 1.89. The van der Waals surface area contributed by atoms with Crippen molar-refractivity contribution in [3.8, 4) is 5.75 Å². The molecular weight excluding hydrogens is 233 g/mol. The lowest BCUT2D eigenvalue weighted by atomic mass is 10.2. The molecule has 0 aliphatic carbocycles. The van der Waals surface area contributed by atoms with E-state index in [1.807, 2.05) is 25.4 Å². The Labute approximate surface area is 105 Å². The summed E-state index contributed by atoms with van der Waals surface area (Å²) in [5.74, 6) is -0.0507. The van der Waals surface area contributed by atoms with Gasteiger partial charge in [-0.3, -0.25) is 4.68 Å². The van der Waals surface area contributed by atoms with Crippen molar-refractivity contribution >= 4 is 0 Å². The summed E-state index contributed by atoms with van der Waals surface area (Å²) < 4.78 is 20.8. The number of nitrogens with one attached hydrogen (secondary N) is 1. The Morgan fingerprint density at radius 3 is 3.00 bits per heavy atom. The van der Waals surface area contributed by atoms with E-state index < -0.39 is 0 Å². The Morgan fingerprint density at radius 1 is 1.44 bits per heavy atom. The molecule has 4 nitrogen and oxygen atoms in total. The number of halogens is 1. The predicted octanol–water partition coefficient (Wildman–Crippen LogP) is 1.82. The van der Waals surface area contributed by atoms with E-state index in [-0.39, 0.29) is 11.6 Å². The van der Waals surface area contributed by atoms with Crippen molar-refractivity contribution in [1.29, 1.82) is 0 Å². The van der Waals surface area contributed by atoms with Gasteiger partial charge in [0, 0.05) is 18.9 Å². The fourth-order valence-corrected chi connectivity index (χ4v) is 1.66. The maximum atomic E-state index is 13.7. The molecular formula is C13H16FN3O. The van der Waals surface area contributed by atoms with Crippen molar-refractivity contribution in [3.63, 3.8) is 0 Å². The highest BCUT2D eigenvalue weighted by atomic mass is 19.1. The third kappa shape index (κ3) is 3.30. The summed E-state index contributed by atoms with van der Waals surface area (Å²) in [5.41, 5.74) is 0.898. The largest absolute Gasteiger partial charge is 0.489 e. The lowest BCUT2D eigenvalue weighted by molar-refractivity contribution is 0.278. The van der Waals surface area contributed by atoms with Crippen LogP contribution in [0.3, 0.4) is 0 Å². The zero-order chi connectivity index (χ0) is 12.8. The summed E-state index contributed by atoms with van der Waals surface area (Å²) >= 11 is 0. The minimum atomic E-state index is -0.330. The highest BCUT2D eigenvalue weighted by Gasteiger charge is 2.04. The maximum Gasteiger partial charge on any atom is 0.165 e. The molecule has 0 amide bonds. The third-order valence-electron chi connectivity index (χ3n) is 2.51. The Hall–Kier alpha value is -1.88. The number of benzene rings is 1. The second-order valence-electron chi connectivity index (χ2n) is 3.91. The number of aromatic nitrogens is 2. The fraction of sp³-hybridized carbons (Fsp3) is 0.308. The Kier molecular flexibility index (Phi) is 4.30. The zero-order valence-corrected chi connectivity index (χ0v) is 10.3. The molecule has 0 radical (unpaired) electrons. The van der Waals surface area contributed by atoms with Crippen LogP contribution in [0.1, 0.15) is 5.56 Å². The van der Waals surface area contributed by atoms with Gasteiger partial charge >= 0.3 is 0 Å². The van der Waals surface area contributed by atoms with Crippen LogP contribution in [0, 0.1) is 5.82 Å². The molecule has 2 aromatic rings. The predicted molar refractivity (Wildman–Crippen MR) is 66.9 cm³/mol. The molecule has 0 spiro atoms. The van der Waals surface area contributed by atoms with Gasteiger partial charge in [-0.05, 0) is 30.8 Å². The molecule has 1 heterocycles. The molecule has 5 heteroatoms. The minimum absolute atomic E-state index is 0.280. The summed E-state index contributed by atoms with van der Waals surface area (Å²) in [6.07, 6.45) is 3.54. The van der Waals surface area contributed by atoms with Gasteiger partial charge in [-0.1, -0.05) is 6.07 Å². The van der Waals surface area contributed by atoms with E-state index in [0.717, 1.165) is 5.56 Å². The van der Waals surface area contributed by atoms with Crippen LogP contribution >= 0.6 is 0 Å². The number of ether oxygens (including phenoxy) is 1. The van der Waals surface area contributed by atoms with Gasteiger partial charge in [0.2, 0.25) is 0 Å². The van der Waals surface area contributed by atoms with Crippen LogP contribution in [-0.2, 0) is 13.1 Å². The van der Waals surface area contributed by atoms with Gasteiger partial charge in [0.1, 0.15) is 6.61 Å². The smallest absolute Gasteiger partial charge is 0.165 e. The van der Waals surface area contributed by atoms with Crippen molar-refractivity contribution in [3.05, 3.63) is 48.0 Å². The van der Waals surface area contributed by atoms with E-state index >= 15 is 0 Å². The van der Waals surface area contributed by atoms with Crippen molar-refractivity contribution in [2.75, 3.05) is 13.7 Å². The summed E-state index contributed by atoms with van der Waals surface area (Å²) in [7, 11) is 1.83. The van der Waals surface area contributed by atoms with Crippen molar-refractivity contribution in [2.45, 2.75) is 13.1 Å². The minimum Gasteiger partial charge on any atom is -0.489 e. The van der Waals surface area contributed by atoms with Crippen LogP contribution in [0.4, 0.5) is 4.39 Å². The standard InChI is InChI=1S/C13H16FN3O/c1-15-10-11-3-4-13(12(14)9-11)18-8-7-17-6-2-5-16-17/h2-6,9,15H,7-8,10H2,1H3. The van der Waals surface area contributed by atoms with Crippen LogP contribution in [0.25, 0.3) is 0 Å². The van der Waals surface area contributed by atoms with Gasteiger partial charge in [0.15, 0.2) is 11.6 Å². The highest BCUT2D eigenvalue weighted by molar-refractivity contribution is 5.29. The topological polar surface area (TPSA) is 39.1 Å². The van der Waals surface area contributed by atoms with Crippen molar-refractivity contribution in [2.24, 2.45) is 0 Å². The molecule has 0 aliphatic heterocycles. The third-order valence-corrected chi connectivity index (χ3v) is 2.51. The Morgan fingerprint density at radius 2 is 2.33 bits per heavy atom. The molecule has 0 atom stereocenters. The fourth-order valence-electron chi connectivity index (χ4n) is 1.66. The van der Waals surface area contributed by atoms with Crippen LogP contribution < -0.4 is 10.1 Å². The summed E-state index contributed by atoms with van der Waals surface area (Å²) in [5, 5.41) is 7.02. The van der Waals surface area contributed by atoms with Gasteiger partial charge in [-0.25, -0.2) is 4.39 Å². The summed E-state index contributed by atoms with van der Waals surface area (Å²) in [4.78, 5) is 0. The van der Waals surface area contributed by atoms with E-state index in [0.29, 0.717) is 19.7 Å². The van der Waals surface area contributed by atoms with Crippen LogP contribution in [0.2, 0.25) is 0 Å². The molecule has 1 N–H and O–H groups in total. The van der Waals surface area contributed by atoms with E-state index in [2.05, 4.69) is 10.4 Å². The molecule has 2 rings (SSSR count). The van der Waals surface area contributed by atoms with Crippen LogP contribution in [0.5, 0.6) is 5.75 Å². The second kappa shape index (κ2) is 6.16. The Bertz CT molecular complexity index is 485. The van der Waals surface area contributed by atoms with Gasteiger partial charge in [-0.2, -0.15) is 5.10 Å². The van der Waals surface area contributed by atoms with E-state index in [9.17, 15) is 4.39 Å². The molecule has 0 unspecified atom stereocenters.